The fourth-order valence-electron chi connectivity index (χ4n) is 2.16. The number of anilines is 1. The summed E-state index contributed by atoms with van der Waals surface area (Å²) in [6, 6.07) is 5.46. The first-order chi connectivity index (χ1) is 12.1. The Morgan fingerprint density at radius 2 is 2.08 bits per heavy atom. The molecule has 0 fully saturated rings. The van der Waals surface area contributed by atoms with E-state index in [2.05, 4.69) is 15.5 Å². The van der Waals surface area contributed by atoms with Gasteiger partial charge in [0.2, 0.25) is 0 Å². The number of aromatic nitrogens is 1. The van der Waals surface area contributed by atoms with E-state index in [0.717, 1.165) is 22.6 Å². The zero-order valence-electron chi connectivity index (χ0n) is 14.5. The first kappa shape index (κ1) is 18.7. The number of nitrogens with two attached hydrogens (primary N) is 1. The summed E-state index contributed by atoms with van der Waals surface area (Å²) >= 11 is 1.15. The summed E-state index contributed by atoms with van der Waals surface area (Å²) in [5.74, 6) is 1.04. The minimum atomic E-state index is -0.328. The van der Waals surface area contributed by atoms with Gasteiger partial charge in [-0.1, -0.05) is 18.3 Å². The number of hydrogen-bond donors (Lipinski definition) is 2. The zero-order valence-corrected chi connectivity index (χ0v) is 15.4. The Hall–Kier alpha value is -2.61. The van der Waals surface area contributed by atoms with Crippen molar-refractivity contribution in [3.8, 4) is 11.5 Å². The molecule has 0 saturated carbocycles. The van der Waals surface area contributed by atoms with Crippen LogP contribution in [0.15, 0.2) is 23.3 Å². The van der Waals surface area contributed by atoms with Gasteiger partial charge in [-0.05, 0) is 32.4 Å². The van der Waals surface area contributed by atoms with Crippen LogP contribution in [0.3, 0.4) is 0 Å². The van der Waals surface area contributed by atoms with Crippen LogP contribution in [-0.2, 0) is 6.42 Å². The minimum absolute atomic E-state index is 0.328. The van der Waals surface area contributed by atoms with Crippen LogP contribution in [0, 0.1) is 0 Å². The van der Waals surface area contributed by atoms with Crippen LogP contribution >= 0.6 is 11.3 Å². The van der Waals surface area contributed by atoms with Gasteiger partial charge in [-0.3, -0.25) is 4.79 Å². The molecule has 2 aromatic rings. The highest BCUT2D eigenvalue weighted by molar-refractivity contribution is 7.17. The van der Waals surface area contributed by atoms with Gasteiger partial charge in [-0.15, -0.1) is 0 Å². The molecular weight excluding hydrogens is 340 g/mol. The van der Waals surface area contributed by atoms with Crippen LogP contribution in [0.2, 0.25) is 0 Å². The van der Waals surface area contributed by atoms with Crippen LogP contribution in [-0.4, -0.2) is 30.3 Å². The van der Waals surface area contributed by atoms with Gasteiger partial charge in [0.05, 0.1) is 25.1 Å². The number of hydrazone groups is 1. The molecule has 1 aromatic heterocycles. The Kier molecular flexibility index (Phi) is 6.76. The van der Waals surface area contributed by atoms with Crippen molar-refractivity contribution in [2.24, 2.45) is 5.10 Å². The molecular formula is C17H22N4O3S. The van der Waals surface area contributed by atoms with Crippen LogP contribution in [0.4, 0.5) is 5.13 Å². The topological polar surface area (TPSA) is 98.8 Å². The first-order valence-electron chi connectivity index (χ1n) is 8.07. The van der Waals surface area contributed by atoms with Gasteiger partial charge in [0.1, 0.15) is 16.4 Å². The molecule has 1 amide bonds. The van der Waals surface area contributed by atoms with Crippen LogP contribution < -0.4 is 20.6 Å². The summed E-state index contributed by atoms with van der Waals surface area (Å²) in [6.45, 7) is 6.83. The van der Waals surface area contributed by atoms with E-state index >= 15 is 0 Å². The van der Waals surface area contributed by atoms with Crippen LogP contribution in [0.5, 0.6) is 11.5 Å². The number of amides is 1. The number of rotatable bonds is 8. The molecule has 1 heterocycles. The van der Waals surface area contributed by atoms with Crippen molar-refractivity contribution in [2.75, 3.05) is 18.9 Å². The first-order valence-corrected chi connectivity index (χ1v) is 8.88. The molecule has 134 valence electrons. The summed E-state index contributed by atoms with van der Waals surface area (Å²) in [7, 11) is 0. The van der Waals surface area contributed by atoms with Gasteiger partial charge in [-0.2, -0.15) is 5.10 Å². The Bertz CT molecular complexity index is 758. The average Bonchev–Trinajstić information content (AvgIpc) is 2.98. The summed E-state index contributed by atoms with van der Waals surface area (Å²) in [5.41, 5.74) is 9.58. The molecule has 7 nitrogen and oxygen atoms in total. The summed E-state index contributed by atoms with van der Waals surface area (Å²) < 4.78 is 11.1. The van der Waals surface area contributed by atoms with Gasteiger partial charge >= 0.3 is 0 Å². The molecule has 8 heteroatoms. The highest BCUT2D eigenvalue weighted by Crippen LogP contribution is 2.24. The summed E-state index contributed by atoms with van der Waals surface area (Å²) in [5, 5.41) is 4.39. The largest absolute Gasteiger partial charge is 0.494 e. The number of thiazole rings is 1. The molecule has 0 unspecified atom stereocenters. The minimum Gasteiger partial charge on any atom is -0.494 e. The number of nitrogen functional groups attached to an aromatic ring is 1. The second kappa shape index (κ2) is 9.03. The van der Waals surface area contributed by atoms with Crippen LogP contribution in [0.1, 0.15) is 41.7 Å². The molecule has 0 saturated heterocycles. The fourth-order valence-corrected chi connectivity index (χ4v) is 2.97. The number of nitrogens with one attached hydrogen (secondary N) is 1. The van der Waals surface area contributed by atoms with Crippen LogP contribution in [0.25, 0.3) is 0 Å². The lowest BCUT2D eigenvalue weighted by Gasteiger charge is -2.10. The highest BCUT2D eigenvalue weighted by atomic mass is 32.1. The van der Waals surface area contributed by atoms with E-state index in [1.54, 1.807) is 6.07 Å². The zero-order chi connectivity index (χ0) is 18.2. The number of nitrogens with zero attached hydrogens (tertiary/aromatic N) is 2. The van der Waals surface area contributed by atoms with Crippen molar-refractivity contribution in [1.29, 1.82) is 0 Å². The predicted molar refractivity (Wildman–Crippen MR) is 99.7 cm³/mol. The molecule has 0 bridgehead atoms. The Labute approximate surface area is 150 Å². The monoisotopic (exact) mass is 362 g/mol. The number of ether oxygens (including phenoxy) is 2. The normalized spacial score (nSPS) is 10.8. The molecule has 0 atom stereocenters. The Balaban J connectivity index is 2.11. The van der Waals surface area contributed by atoms with Crippen molar-refractivity contribution in [1.82, 2.24) is 10.4 Å². The number of aryl methyl sites for hydroxylation is 1. The maximum Gasteiger partial charge on any atom is 0.283 e. The van der Waals surface area contributed by atoms with Crippen molar-refractivity contribution < 1.29 is 14.3 Å². The molecule has 25 heavy (non-hydrogen) atoms. The molecule has 0 radical (unpaired) electrons. The average molecular weight is 362 g/mol. The SMILES string of the molecule is CCOc1ccc(/C=N\NC(=O)c2sc(N)nc2CC)c(OCC)c1. The predicted octanol–water partition coefficient (Wildman–Crippen LogP) is 2.85. The van der Waals surface area contributed by atoms with E-state index < -0.39 is 0 Å². The molecule has 0 spiro atoms. The second-order valence-corrected chi connectivity index (χ2v) is 5.98. The highest BCUT2D eigenvalue weighted by Gasteiger charge is 2.15. The van der Waals surface area contributed by atoms with Gasteiger partial charge < -0.3 is 15.2 Å². The standard InChI is InChI=1S/C17H22N4O3S/c1-4-13-15(25-17(18)20-13)16(22)21-19-10-11-7-8-12(23-5-2)9-14(11)24-6-3/h7-10H,4-6H2,1-3H3,(H2,18,20)(H,21,22)/b19-10-. The van der Waals surface area contributed by atoms with E-state index in [1.807, 2.05) is 32.9 Å². The third-order valence-corrected chi connectivity index (χ3v) is 4.15. The molecule has 0 aliphatic heterocycles. The molecule has 3 N–H and O–H groups in total. The maximum absolute atomic E-state index is 12.2. The van der Waals surface area contributed by atoms with Crippen molar-refractivity contribution in [3.63, 3.8) is 0 Å². The number of carbonyl (C=O) groups is 1. The third kappa shape index (κ3) is 4.93. The summed E-state index contributed by atoms with van der Waals surface area (Å²) in [6.07, 6.45) is 2.17. The lowest BCUT2D eigenvalue weighted by molar-refractivity contribution is 0.0958. The smallest absolute Gasteiger partial charge is 0.283 e. The molecule has 1 aromatic carbocycles. The van der Waals surface area contributed by atoms with Gasteiger partial charge in [0.15, 0.2) is 5.13 Å². The Morgan fingerprint density at radius 3 is 2.76 bits per heavy atom. The molecule has 0 aliphatic carbocycles. The fraction of sp³-hybridized carbons (Fsp3) is 0.353. The quantitative estimate of drug-likeness (QED) is 0.556. The molecule has 2 rings (SSSR count). The van der Waals surface area contributed by atoms with E-state index in [0.29, 0.717) is 41.1 Å². The molecule has 0 aliphatic rings. The Morgan fingerprint density at radius 1 is 1.32 bits per heavy atom. The van der Waals surface area contributed by atoms with Gasteiger partial charge in [-0.25, -0.2) is 10.4 Å². The van der Waals surface area contributed by atoms with E-state index in [-0.39, 0.29) is 5.91 Å². The van der Waals surface area contributed by atoms with Gasteiger partial charge in [0.25, 0.3) is 5.91 Å². The number of carbonyl (C=O) groups excluding carboxylic acids is 1. The number of hydrogen-bond acceptors (Lipinski definition) is 7. The van der Waals surface area contributed by atoms with Crippen molar-refractivity contribution in [3.05, 3.63) is 34.3 Å². The third-order valence-electron chi connectivity index (χ3n) is 3.22. The van der Waals surface area contributed by atoms with E-state index in [1.165, 1.54) is 6.21 Å². The van der Waals surface area contributed by atoms with E-state index in [4.69, 9.17) is 15.2 Å². The maximum atomic E-state index is 12.2. The van der Waals surface area contributed by atoms with Crippen molar-refractivity contribution in [2.45, 2.75) is 27.2 Å². The van der Waals surface area contributed by atoms with Gasteiger partial charge in [0, 0.05) is 11.6 Å². The summed E-state index contributed by atoms with van der Waals surface area (Å²) in [4.78, 5) is 16.8. The lowest BCUT2D eigenvalue weighted by atomic mass is 10.2. The lowest BCUT2D eigenvalue weighted by Crippen LogP contribution is -2.18. The van der Waals surface area contributed by atoms with E-state index in [9.17, 15) is 4.79 Å². The second-order valence-electron chi connectivity index (χ2n) is 4.95. The number of benzene rings is 1. The van der Waals surface area contributed by atoms with Crippen molar-refractivity contribution >= 4 is 28.6 Å².